The SMILES string of the molecule is CN=C(NCCn1cccn1)NCc1ccc(C)cc1OC1CCOC1.I. The molecule has 0 amide bonds. The van der Waals surface area contributed by atoms with E-state index < -0.39 is 0 Å². The zero-order valence-corrected chi connectivity index (χ0v) is 18.2. The van der Waals surface area contributed by atoms with E-state index in [4.69, 9.17) is 9.47 Å². The van der Waals surface area contributed by atoms with Crippen LogP contribution in [0.25, 0.3) is 0 Å². The molecule has 0 aliphatic carbocycles. The van der Waals surface area contributed by atoms with Gasteiger partial charge in [-0.05, 0) is 24.6 Å². The molecular weight excluding hydrogens is 457 g/mol. The van der Waals surface area contributed by atoms with Crippen LogP contribution in [-0.4, -0.2) is 48.7 Å². The molecule has 1 fully saturated rings. The number of aryl methyl sites for hydroxylation is 1. The van der Waals surface area contributed by atoms with E-state index in [1.165, 1.54) is 5.56 Å². The van der Waals surface area contributed by atoms with E-state index >= 15 is 0 Å². The topological polar surface area (TPSA) is 72.7 Å². The van der Waals surface area contributed by atoms with Gasteiger partial charge in [0.15, 0.2) is 5.96 Å². The van der Waals surface area contributed by atoms with Crippen molar-refractivity contribution in [1.82, 2.24) is 20.4 Å². The number of hydrogen-bond donors (Lipinski definition) is 2. The van der Waals surface area contributed by atoms with Crippen LogP contribution in [0.15, 0.2) is 41.7 Å². The summed E-state index contributed by atoms with van der Waals surface area (Å²) in [6.07, 6.45) is 4.81. The van der Waals surface area contributed by atoms with Gasteiger partial charge in [-0.15, -0.1) is 24.0 Å². The maximum absolute atomic E-state index is 6.15. The lowest BCUT2D eigenvalue weighted by molar-refractivity contribution is 0.140. The summed E-state index contributed by atoms with van der Waals surface area (Å²) in [6.45, 7) is 5.69. The van der Waals surface area contributed by atoms with Gasteiger partial charge < -0.3 is 20.1 Å². The van der Waals surface area contributed by atoms with E-state index in [-0.39, 0.29) is 30.1 Å². The molecule has 1 aliphatic rings. The van der Waals surface area contributed by atoms with Gasteiger partial charge in [-0.3, -0.25) is 9.67 Å². The minimum atomic E-state index is 0. The second kappa shape index (κ2) is 11.1. The molecule has 2 heterocycles. The molecule has 27 heavy (non-hydrogen) atoms. The Morgan fingerprint density at radius 3 is 3.00 bits per heavy atom. The summed E-state index contributed by atoms with van der Waals surface area (Å²) in [5.41, 5.74) is 2.29. The smallest absolute Gasteiger partial charge is 0.191 e. The lowest BCUT2D eigenvalue weighted by Gasteiger charge is -2.18. The van der Waals surface area contributed by atoms with Crippen molar-refractivity contribution in [2.45, 2.75) is 32.5 Å². The first-order valence-corrected chi connectivity index (χ1v) is 9.00. The molecule has 0 spiro atoms. The van der Waals surface area contributed by atoms with Crippen molar-refractivity contribution in [2.75, 3.05) is 26.8 Å². The molecule has 1 saturated heterocycles. The third-order valence-corrected chi connectivity index (χ3v) is 4.27. The fourth-order valence-electron chi connectivity index (χ4n) is 2.82. The Bertz CT molecular complexity index is 715. The first-order valence-electron chi connectivity index (χ1n) is 9.00. The highest BCUT2D eigenvalue weighted by Crippen LogP contribution is 2.23. The average molecular weight is 485 g/mol. The number of rotatable bonds is 7. The molecule has 0 bridgehead atoms. The van der Waals surface area contributed by atoms with Crippen LogP contribution in [0.5, 0.6) is 5.75 Å². The Balaban J connectivity index is 0.00000261. The standard InChI is InChI=1S/C19H27N5O2.HI/c1-15-4-5-16(18(12-15)26-17-6-11-25-14-17)13-22-19(20-2)21-8-10-24-9-3-7-23-24;/h3-5,7,9,12,17H,6,8,10-11,13-14H2,1-2H3,(H2,20,21,22);1H. The van der Waals surface area contributed by atoms with Gasteiger partial charge in [0.05, 0.1) is 19.8 Å². The van der Waals surface area contributed by atoms with Gasteiger partial charge >= 0.3 is 0 Å². The second-order valence-corrected chi connectivity index (χ2v) is 6.34. The number of aliphatic imine (C=N–C) groups is 1. The Morgan fingerprint density at radius 2 is 2.30 bits per heavy atom. The lowest BCUT2D eigenvalue weighted by atomic mass is 10.1. The largest absolute Gasteiger partial charge is 0.488 e. The van der Waals surface area contributed by atoms with Crippen LogP contribution in [0, 0.1) is 6.92 Å². The molecule has 2 N–H and O–H groups in total. The number of halogens is 1. The van der Waals surface area contributed by atoms with Crippen LogP contribution in [0.4, 0.5) is 0 Å². The van der Waals surface area contributed by atoms with Crippen LogP contribution < -0.4 is 15.4 Å². The third-order valence-electron chi connectivity index (χ3n) is 4.27. The van der Waals surface area contributed by atoms with Crippen molar-refractivity contribution in [2.24, 2.45) is 4.99 Å². The van der Waals surface area contributed by atoms with E-state index in [1.807, 2.05) is 16.9 Å². The maximum atomic E-state index is 6.15. The molecule has 2 aromatic rings. The van der Waals surface area contributed by atoms with Crippen molar-refractivity contribution in [3.8, 4) is 5.75 Å². The quantitative estimate of drug-likeness (QED) is 0.358. The molecule has 7 nitrogen and oxygen atoms in total. The average Bonchev–Trinajstić information content (AvgIpc) is 3.33. The molecule has 3 rings (SSSR count). The summed E-state index contributed by atoms with van der Waals surface area (Å²) in [7, 11) is 1.77. The Labute approximate surface area is 177 Å². The number of guanidine groups is 1. The third kappa shape index (κ3) is 6.69. The highest BCUT2D eigenvalue weighted by atomic mass is 127. The fourth-order valence-corrected chi connectivity index (χ4v) is 2.82. The monoisotopic (exact) mass is 485 g/mol. The summed E-state index contributed by atoms with van der Waals surface area (Å²) >= 11 is 0. The van der Waals surface area contributed by atoms with Gasteiger partial charge in [0.2, 0.25) is 0 Å². The molecule has 1 unspecified atom stereocenters. The van der Waals surface area contributed by atoms with Gasteiger partial charge in [-0.25, -0.2) is 0 Å². The first-order chi connectivity index (χ1) is 12.7. The molecule has 0 radical (unpaired) electrons. The van der Waals surface area contributed by atoms with E-state index in [0.29, 0.717) is 13.2 Å². The minimum absolute atomic E-state index is 0. The predicted octanol–water partition coefficient (Wildman–Crippen LogP) is 2.34. The van der Waals surface area contributed by atoms with Gasteiger partial charge in [0.25, 0.3) is 0 Å². The van der Waals surface area contributed by atoms with Crippen molar-refractivity contribution in [3.05, 3.63) is 47.8 Å². The first kappa shape index (κ1) is 21.5. The second-order valence-electron chi connectivity index (χ2n) is 6.34. The normalized spacial score (nSPS) is 16.7. The van der Waals surface area contributed by atoms with Crippen LogP contribution >= 0.6 is 24.0 Å². The van der Waals surface area contributed by atoms with Crippen LogP contribution in [0.3, 0.4) is 0 Å². The molecule has 8 heteroatoms. The van der Waals surface area contributed by atoms with Crippen LogP contribution in [0.2, 0.25) is 0 Å². The van der Waals surface area contributed by atoms with Crippen molar-refractivity contribution in [3.63, 3.8) is 0 Å². The van der Waals surface area contributed by atoms with Gasteiger partial charge in [0, 0.05) is 44.5 Å². The van der Waals surface area contributed by atoms with Gasteiger partial charge in [-0.1, -0.05) is 12.1 Å². The Hall–Kier alpha value is -1.81. The maximum Gasteiger partial charge on any atom is 0.191 e. The molecule has 148 valence electrons. The molecule has 1 aromatic carbocycles. The number of nitrogens with zero attached hydrogens (tertiary/aromatic N) is 3. The van der Waals surface area contributed by atoms with Crippen LogP contribution in [-0.2, 0) is 17.8 Å². The Kier molecular flexibility index (Phi) is 8.86. The lowest BCUT2D eigenvalue weighted by Crippen LogP contribution is -2.38. The molecule has 1 aromatic heterocycles. The summed E-state index contributed by atoms with van der Waals surface area (Å²) in [4.78, 5) is 4.28. The molecule has 1 atom stereocenters. The molecule has 1 aliphatic heterocycles. The number of aromatic nitrogens is 2. The molecular formula is C19H28IN5O2. The van der Waals surface area contributed by atoms with E-state index in [2.05, 4.69) is 45.8 Å². The van der Waals surface area contributed by atoms with E-state index in [0.717, 1.165) is 43.4 Å². The zero-order valence-electron chi connectivity index (χ0n) is 15.9. The Morgan fingerprint density at radius 1 is 1.41 bits per heavy atom. The number of nitrogens with one attached hydrogen (secondary N) is 2. The number of hydrogen-bond acceptors (Lipinski definition) is 4. The highest BCUT2D eigenvalue weighted by molar-refractivity contribution is 14.0. The van der Waals surface area contributed by atoms with E-state index in [1.54, 1.807) is 13.2 Å². The number of ether oxygens (including phenoxy) is 2. The van der Waals surface area contributed by atoms with E-state index in [9.17, 15) is 0 Å². The predicted molar refractivity (Wildman–Crippen MR) is 117 cm³/mol. The summed E-state index contributed by atoms with van der Waals surface area (Å²) in [5.74, 6) is 1.67. The van der Waals surface area contributed by atoms with Gasteiger partial charge in [0.1, 0.15) is 11.9 Å². The van der Waals surface area contributed by atoms with Crippen molar-refractivity contribution < 1.29 is 9.47 Å². The summed E-state index contributed by atoms with van der Waals surface area (Å²) < 4.78 is 13.4. The summed E-state index contributed by atoms with van der Waals surface area (Å²) in [5, 5.41) is 10.8. The van der Waals surface area contributed by atoms with Crippen molar-refractivity contribution in [1.29, 1.82) is 0 Å². The summed E-state index contributed by atoms with van der Waals surface area (Å²) in [6, 6.07) is 8.21. The highest BCUT2D eigenvalue weighted by Gasteiger charge is 2.18. The van der Waals surface area contributed by atoms with Crippen molar-refractivity contribution >= 4 is 29.9 Å². The van der Waals surface area contributed by atoms with Crippen LogP contribution in [0.1, 0.15) is 17.5 Å². The molecule has 0 saturated carbocycles. The van der Waals surface area contributed by atoms with Gasteiger partial charge in [-0.2, -0.15) is 5.10 Å². The minimum Gasteiger partial charge on any atom is -0.488 e. The fraction of sp³-hybridized carbons (Fsp3) is 0.474. The zero-order chi connectivity index (χ0) is 18.2. The number of benzene rings is 1.